The van der Waals surface area contributed by atoms with Crippen LogP contribution in [0, 0.1) is 10.1 Å². The maximum absolute atomic E-state index is 10.4. The highest BCUT2D eigenvalue weighted by atomic mass is 16.6. The molecule has 2 N–H and O–H groups in total. The lowest BCUT2D eigenvalue weighted by atomic mass is 10.1. The highest BCUT2D eigenvalue weighted by molar-refractivity contribution is 5.35. The maximum Gasteiger partial charge on any atom is 0.269 e. The number of hydrogen-bond acceptors (Lipinski definition) is 4. The van der Waals surface area contributed by atoms with Gasteiger partial charge in [-0.25, -0.2) is 0 Å². The Labute approximate surface area is 80.8 Å². The molecule has 0 radical (unpaired) electrons. The number of rotatable bonds is 3. The van der Waals surface area contributed by atoms with Gasteiger partial charge in [-0.05, 0) is 12.5 Å². The molecular weight excluding hydrogens is 186 g/mol. The number of hydrogen-bond donors (Lipinski definition) is 2. The highest BCUT2D eigenvalue weighted by Gasteiger charge is 2.16. The Morgan fingerprint density at radius 3 is 2.57 bits per heavy atom. The van der Waals surface area contributed by atoms with E-state index in [0.29, 0.717) is 5.56 Å². The molecule has 0 amide bonds. The van der Waals surface area contributed by atoms with E-state index in [2.05, 4.69) is 0 Å². The van der Waals surface area contributed by atoms with Gasteiger partial charge in [0.25, 0.3) is 5.69 Å². The van der Waals surface area contributed by atoms with Crippen molar-refractivity contribution in [3.05, 3.63) is 39.9 Å². The average Bonchev–Trinajstić information content (AvgIpc) is 2.16. The lowest BCUT2D eigenvalue weighted by Crippen LogP contribution is -2.13. The van der Waals surface area contributed by atoms with Crippen molar-refractivity contribution in [2.75, 3.05) is 0 Å². The van der Waals surface area contributed by atoms with Crippen molar-refractivity contribution >= 4 is 5.69 Å². The molecule has 0 saturated heterocycles. The lowest BCUT2D eigenvalue weighted by molar-refractivity contribution is -0.385. The minimum atomic E-state index is -1.09. The first-order chi connectivity index (χ1) is 6.52. The van der Waals surface area contributed by atoms with E-state index >= 15 is 0 Å². The lowest BCUT2D eigenvalue weighted by Gasteiger charge is -2.13. The number of nitro benzene ring substituents is 1. The molecule has 0 aromatic heterocycles. The zero-order chi connectivity index (χ0) is 10.7. The molecule has 0 aliphatic rings. The zero-order valence-corrected chi connectivity index (χ0v) is 7.62. The molecule has 2 atom stereocenters. The van der Waals surface area contributed by atoms with E-state index < -0.39 is 17.1 Å². The number of nitrogens with zero attached hydrogens (tertiary/aromatic N) is 1. The number of aliphatic hydroxyl groups excluding tert-OH is 2. The SMILES string of the molecule is C[C@H](O)[C@H](O)c1cccc([N+](=O)[O-])c1. The maximum atomic E-state index is 10.4. The van der Waals surface area contributed by atoms with Crippen LogP contribution in [0.15, 0.2) is 24.3 Å². The highest BCUT2D eigenvalue weighted by Crippen LogP contribution is 2.21. The molecule has 0 aliphatic carbocycles. The van der Waals surface area contributed by atoms with Gasteiger partial charge in [0.1, 0.15) is 6.10 Å². The van der Waals surface area contributed by atoms with Crippen LogP contribution in [0.2, 0.25) is 0 Å². The van der Waals surface area contributed by atoms with Gasteiger partial charge in [-0.1, -0.05) is 12.1 Å². The summed E-state index contributed by atoms with van der Waals surface area (Å²) in [5, 5.41) is 28.9. The number of non-ortho nitro benzene ring substituents is 1. The van der Waals surface area contributed by atoms with Crippen LogP contribution in [0.4, 0.5) is 5.69 Å². The number of aliphatic hydroxyl groups is 2. The minimum absolute atomic E-state index is 0.0952. The molecule has 0 bridgehead atoms. The van der Waals surface area contributed by atoms with Gasteiger partial charge in [0.2, 0.25) is 0 Å². The smallest absolute Gasteiger partial charge is 0.269 e. The van der Waals surface area contributed by atoms with Gasteiger partial charge in [-0.2, -0.15) is 0 Å². The fourth-order valence-electron chi connectivity index (χ4n) is 1.10. The molecule has 0 heterocycles. The molecular formula is C9H11NO4. The molecule has 0 fully saturated rings. The predicted molar refractivity (Wildman–Crippen MR) is 49.7 cm³/mol. The Morgan fingerprint density at radius 2 is 2.07 bits per heavy atom. The molecule has 5 nitrogen and oxygen atoms in total. The normalized spacial score (nSPS) is 14.8. The van der Waals surface area contributed by atoms with E-state index in [1.807, 2.05) is 0 Å². The molecule has 76 valence electrons. The first-order valence-electron chi connectivity index (χ1n) is 4.13. The molecule has 0 aliphatic heterocycles. The Bertz CT molecular complexity index is 337. The van der Waals surface area contributed by atoms with Crippen LogP contribution >= 0.6 is 0 Å². The zero-order valence-electron chi connectivity index (χ0n) is 7.62. The third-order valence-electron chi connectivity index (χ3n) is 1.88. The van der Waals surface area contributed by atoms with E-state index in [-0.39, 0.29) is 5.69 Å². The molecule has 0 unspecified atom stereocenters. The van der Waals surface area contributed by atoms with Crippen molar-refractivity contribution in [2.24, 2.45) is 0 Å². The third kappa shape index (κ3) is 2.27. The molecule has 0 saturated carbocycles. The fourth-order valence-corrected chi connectivity index (χ4v) is 1.10. The number of benzene rings is 1. The predicted octanol–water partition coefficient (Wildman–Crippen LogP) is 1.01. The molecule has 0 spiro atoms. The Balaban J connectivity index is 2.99. The Hall–Kier alpha value is -1.46. The van der Waals surface area contributed by atoms with Gasteiger partial charge in [0.05, 0.1) is 11.0 Å². The van der Waals surface area contributed by atoms with Crippen molar-refractivity contribution < 1.29 is 15.1 Å². The van der Waals surface area contributed by atoms with Crippen LogP contribution in [0.3, 0.4) is 0 Å². The summed E-state index contributed by atoms with van der Waals surface area (Å²) in [6.45, 7) is 1.42. The summed E-state index contributed by atoms with van der Waals surface area (Å²) in [7, 11) is 0. The van der Waals surface area contributed by atoms with Crippen LogP contribution < -0.4 is 0 Å². The van der Waals surface area contributed by atoms with E-state index in [1.54, 1.807) is 0 Å². The van der Waals surface area contributed by atoms with Gasteiger partial charge < -0.3 is 10.2 Å². The summed E-state index contributed by atoms with van der Waals surface area (Å²) in [5.74, 6) is 0. The number of nitro groups is 1. The standard InChI is InChI=1S/C9H11NO4/c1-6(11)9(12)7-3-2-4-8(5-7)10(13)14/h2-6,9,11-12H,1H3/t6-,9-/m0/s1. The minimum Gasteiger partial charge on any atom is -0.390 e. The summed E-state index contributed by atoms with van der Waals surface area (Å²) >= 11 is 0. The largest absolute Gasteiger partial charge is 0.390 e. The quantitative estimate of drug-likeness (QED) is 0.559. The molecule has 5 heteroatoms. The summed E-state index contributed by atoms with van der Waals surface area (Å²) in [5.41, 5.74) is 0.247. The second-order valence-electron chi connectivity index (χ2n) is 3.04. The first kappa shape index (κ1) is 10.6. The fraction of sp³-hybridized carbons (Fsp3) is 0.333. The molecule has 14 heavy (non-hydrogen) atoms. The summed E-state index contributed by atoms with van der Waals surface area (Å²) < 4.78 is 0. The topological polar surface area (TPSA) is 83.6 Å². The van der Waals surface area contributed by atoms with E-state index in [0.717, 1.165) is 0 Å². The van der Waals surface area contributed by atoms with Crippen molar-refractivity contribution in [1.29, 1.82) is 0 Å². The van der Waals surface area contributed by atoms with Gasteiger partial charge in [0.15, 0.2) is 0 Å². The van der Waals surface area contributed by atoms with Crippen molar-refractivity contribution in [3.63, 3.8) is 0 Å². The van der Waals surface area contributed by atoms with Crippen LogP contribution in [0.5, 0.6) is 0 Å². The second-order valence-corrected chi connectivity index (χ2v) is 3.04. The van der Waals surface area contributed by atoms with E-state index in [4.69, 9.17) is 5.11 Å². The van der Waals surface area contributed by atoms with Gasteiger partial charge in [-0.3, -0.25) is 10.1 Å². The summed E-state index contributed by atoms with van der Waals surface area (Å²) in [4.78, 5) is 9.86. The first-order valence-corrected chi connectivity index (χ1v) is 4.13. The van der Waals surface area contributed by atoms with Crippen LogP contribution in [-0.2, 0) is 0 Å². The summed E-state index contributed by atoms with van der Waals surface area (Å²) in [6.07, 6.45) is -2.04. The summed E-state index contributed by atoms with van der Waals surface area (Å²) in [6, 6.07) is 5.58. The monoisotopic (exact) mass is 197 g/mol. The van der Waals surface area contributed by atoms with Crippen LogP contribution in [0.25, 0.3) is 0 Å². The third-order valence-corrected chi connectivity index (χ3v) is 1.88. The molecule has 1 aromatic carbocycles. The van der Waals surface area contributed by atoms with Gasteiger partial charge >= 0.3 is 0 Å². The van der Waals surface area contributed by atoms with Crippen LogP contribution in [-0.4, -0.2) is 21.2 Å². The van der Waals surface area contributed by atoms with Crippen molar-refractivity contribution in [2.45, 2.75) is 19.1 Å². The second kappa shape index (κ2) is 4.17. The molecule has 1 rings (SSSR count). The van der Waals surface area contributed by atoms with E-state index in [1.165, 1.54) is 31.2 Å². The van der Waals surface area contributed by atoms with Crippen molar-refractivity contribution in [1.82, 2.24) is 0 Å². The van der Waals surface area contributed by atoms with E-state index in [9.17, 15) is 15.2 Å². The molecule has 1 aromatic rings. The van der Waals surface area contributed by atoms with Gasteiger partial charge in [-0.15, -0.1) is 0 Å². The average molecular weight is 197 g/mol. The Morgan fingerprint density at radius 1 is 1.43 bits per heavy atom. The van der Waals surface area contributed by atoms with Crippen LogP contribution in [0.1, 0.15) is 18.6 Å². The van der Waals surface area contributed by atoms with Crippen molar-refractivity contribution in [3.8, 4) is 0 Å². The Kier molecular flexibility index (Phi) is 3.16. The van der Waals surface area contributed by atoms with Gasteiger partial charge in [0, 0.05) is 12.1 Å².